The molecule has 0 atom stereocenters. The fourth-order valence-electron chi connectivity index (χ4n) is 2.81. The third kappa shape index (κ3) is 5.13. The van der Waals surface area contributed by atoms with Crippen LogP contribution in [0.3, 0.4) is 0 Å². The first-order chi connectivity index (χ1) is 14.1. The van der Waals surface area contributed by atoms with Crippen molar-refractivity contribution in [1.29, 1.82) is 0 Å². The Morgan fingerprint density at radius 3 is 2.30 bits per heavy atom. The maximum absolute atomic E-state index is 12.6. The highest BCUT2D eigenvalue weighted by Crippen LogP contribution is 2.22. The molecule has 1 amide bonds. The minimum absolute atomic E-state index is 0.211. The highest BCUT2D eigenvalue weighted by atomic mass is 35.5. The molecule has 6 nitrogen and oxygen atoms in total. The molecule has 10 heteroatoms. The number of sulfone groups is 1. The molecule has 0 saturated carbocycles. The van der Waals surface area contributed by atoms with Gasteiger partial charge >= 0.3 is 4.87 Å². The van der Waals surface area contributed by atoms with Crippen LogP contribution in [0.1, 0.15) is 26.5 Å². The highest BCUT2D eigenvalue weighted by molar-refractivity contribution is 7.90. The molecule has 0 radical (unpaired) electrons. The minimum atomic E-state index is -3.29. The second-order valence-electron chi connectivity index (χ2n) is 6.72. The molecular weight excluding hydrogens is 467 g/mol. The maximum Gasteiger partial charge on any atom is 0.308 e. The Labute approximate surface area is 188 Å². The predicted molar refractivity (Wildman–Crippen MR) is 120 cm³/mol. The second kappa shape index (κ2) is 8.93. The summed E-state index contributed by atoms with van der Waals surface area (Å²) >= 11 is 12.7. The van der Waals surface area contributed by atoms with Crippen molar-refractivity contribution in [3.05, 3.63) is 83.9 Å². The van der Waals surface area contributed by atoms with Crippen LogP contribution in [0.4, 0.5) is 0 Å². The number of nitrogens with zero attached hydrogens (tertiary/aromatic N) is 1. The Bertz CT molecular complexity index is 1260. The van der Waals surface area contributed by atoms with Crippen LogP contribution in [-0.2, 0) is 22.9 Å². The number of carbonyl (C=O) groups is 1. The molecule has 3 aromatic rings. The first kappa shape index (κ1) is 22.6. The molecule has 0 bridgehead atoms. The van der Waals surface area contributed by atoms with Gasteiger partial charge in [0.15, 0.2) is 9.84 Å². The van der Waals surface area contributed by atoms with Gasteiger partial charge in [0.2, 0.25) is 0 Å². The van der Waals surface area contributed by atoms with Crippen molar-refractivity contribution < 1.29 is 13.2 Å². The van der Waals surface area contributed by atoms with Gasteiger partial charge in [-0.2, -0.15) is 0 Å². The Morgan fingerprint density at radius 2 is 1.70 bits per heavy atom. The molecule has 0 aliphatic heterocycles. The van der Waals surface area contributed by atoms with E-state index in [1.807, 2.05) is 0 Å². The Kier molecular flexibility index (Phi) is 6.71. The first-order valence-electron chi connectivity index (χ1n) is 8.77. The topological polar surface area (TPSA) is 85.2 Å². The number of hydrogen-bond acceptors (Lipinski definition) is 5. The van der Waals surface area contributed by atoms with Crippen LogP contribution in [0.5, 0.6) is 0 Å². The van der Waals surface area contributed by atoms with Crippen LogP contribution in [0.25, 0.3) is 0 Å². The number of nitrogens with one attached hydrogen (secondary N) is 1. The van der Waals surface area contributed by atoms with Crippen molar-refractivity contribution in [1.82, 2.24) is 9.88 Å². The standard InChI is InChI=1S/C20H18Cl2N2O4S2/c1-12-18(19(25)23-10-14-5-8-16(21)17(22)9-14)29-20(26)24(12)11-13-3-6-15(7-4-13)30(2,27)28/h3-9H,10-11H2,1-2H3,(H,23,25). The number of hydrogen-bond donors (Lipinski definition) is 1. The third-order valence-corrected chi connectivity index (χ3v) is 7.43. The predicted octanol–water partition coefficient (Wildman–Crippen LogP) is 3.91. The van der Waals surface area contributed by atoms with Gasteiger partial charge in [0.05, 0.1) is 21.5 Å². The van der Waals surface area contributed by atoms with E-state index in [0.717, 1.165) is 28.7 Å². The SMILES string of the molecule is Cc1c(C(=O)NCc2ccc(Cl)c(Cl)c2)sc(=O)n1Cc1ccc(S(C)(=O)=O)cc1. The Morgan fingerprint density at radius 1 is 1.07 bits per heavy atom. The molecule has 3 rings (SSSR count). The summed E-state index contributed by atoms with van der Waals surface area (Å²) in [6.07, 6.45) is 1.14. The number of aromatic nitrogens is 1. The molecule has 2 aromatic carbocycles. The summed E-state index contributed by atoms with van der Waals surface area (Å²) in [6, 6.07) is 11.4. The summed E-state index contributed by atoms with van der Waals surface area (Å²) in [7, 11) is -3.29. The van der Waals surface area contributed by atoms with Crippen LogP contribution >= 0.6 is 34.5 Å². The minimum Gasteiger partial charge on any atom is -0.347 e. The van der Waals surface area contributed by atoms with Gasteiger partial charge in [0, 0.05) is 18.5 Å². The lowest BCUT2D eigenvalue weighted by Gasteiger charge is -2.08. The normalized spacial score (nSPS) is 11.5. The van der Waals surface area contributed by atoms with Crippen molar-refractivity contribution >= 4 is 50.3 Å². The monoisotopic (exact) mass is 484 g/mol. The van der Waals surface area contributed by atoms with Crippen molar-refractivity contribution in [2.45, 2.75) is 24.9 Å². The average molecular weight is 485 g/mol. The maximum atomic E-state index is 12.6. The molecule has 0 saturated heterocycles. The van der Waals surface area contributed by atoms with E-state index in [0.29, 0.717) is 20.6 Å². The summed E-state index contributed by atoms with van der Waals surface area (Å²) < 4.78 is 24.6. The van der Waals surface area contributed by atoms with Crippen molar-refractivity contribution in [2.24, 2.45) is 0 Å². The van der Waals surface area contributed by atoms with Gasteiger partial charge < -0.3 is 5.32 Å². The molecule has 1 aromatic heterocycles. The quantitative estimate of drug-likeness (QED) is 0.574. The second-order valence-corrected chi connectivity index (χ2v) is 10.5. The van der Waals surface area contributed by atoms with Crippen molar-refractivity contribution in [3.8, 4) is 0 Å². The molecule has 1 N–H and O–H groups in total. The summed E-state index contributed by atoms with van der Waals surface area (Å²) in [6.45, 7) is 2.19. The molecule has 0 fully saturated rings. The zero-order chi connectivity index (χ0) is 22.1. The number of carbonyl (C=O) groups excluding carboxylic acids is 1. The van der Waals surface area contributed by atoms with Gasteiger partial charge in [-0.15, -0.1) is 0 Å². The molecule has 158 valence electrons. The van der Waals surface area contributed by atoms with Crippen LogP contribution in [-0.4, -0.2) is 25.1 Å². The molecule has 0 unspecified atom stereocenters. The van der Waals surface area contributed by atoms with Gasteiger partial charge in [-0.25, -0.2) is 8.42 Å². The number of amides is 1. The molecule has 0 spiro atoms. The van der Waals surface area contributed by atoms with Gasteiger partial charge in [0.1, 0.15) is 4.88 Å². The van der Waals surface area contributed by atoms with Crippen molar-refractivity contribution in [2.75, 3.05) is 6.26 Å². The fourth-order valence-corrected chi connectivity index (χ4v) is 4.67. The summed E-state index contributed by atoms with van der Waals surface area (Å²) in [5, 5.41) is 3.62. The Hall–Kier alpha value is -2.13. The molecule has 1 heterocycles. The van der Waals surface area contributed by atoms with E-state index in [-0.39, 0.29) is 28.8 Å². The van der Waals surface area contributed by atoms with Crippen LogP contribution in [0.2, 0.25) is 10.0 Å². The lowest BCUT2D eigenvalue weighted by atomic mass is 10.2. The van der Waals surface area contributed by atoms with E-state index in [4.69, 9.17) is 23.2 Å². The molecule has 30 heavy (non-hydrogen) atoms. The average Bonchev–Trinajstić information content (AvgIpc) is 2.96. The lowest BCUT2D eigenvalue weighted by Crippen LogP contribution is -2.23. The van der Waals surface area contributed by atoms with Crippen molar-refractivity contribution in [3.63, 3.8) is 0 Å². The number of benzene rings is 2. The van der Waals surface area contributed by atoms with Gasteiger partial charge in [-0.05, 0) is 42.3 Å². The smallest absolute Gasteiger partial charge is 0.308 e. The van der Waals surface area contributed by atoms with E-state index in [2.05, 4.69) is 5.32 Å². The van der Waals surface area contributed by atoms with Crippen LogP contribution < -0.4 is 10.2 Å². The Balaban J connectivity index is 1.75. The summed E-state index contributed by atoms with van der Waals surface area (Å²) in [5.41, 5.74) is 2.09. The van der Waals surface area contributed by atoms with E-state index < -0.39 is 9.84 Å². The van der Waals surface area contributed by atoms with Gasteiger partial charge in [0.25, 0.3) is 5.91 Å². The van der Waals surface area contributed by atoms with E-state index >= 15 is 0 Å². The molecule has 0 aliphatic rings. The van der Waals surface area contributed by atoms with E-state index in [1.54, 1.807) is 37.3 Å². The van der Waals surface area contributed by atoms with Gasteiger partial charge in [-0.3, -0.25) is 14.2 Å². The summed E-state index contributed by atoms with van der Waals surface area (Å²) in [5.74, 6) is -0.355. The third-order valence-electron chi connectivity index (χ3n) is 4.48. The van der Waals surface area contributed by atoms with Crippen LogP contribution in [0.15, 0.2) is 52.2 Å². The largest absolute Gasteiger partial charge is 0.347 e. The summed E-state index contributed by atoms with van der Waals surface area (Å²) in [4.78, 5) is 25.3. The molecular formula is C20H18Cl2N2O4S2. The number of rotatable bonds is 6. The van der Waals surface area contributed by atoms with E-state index in [1.165, 1.54) is 16.7 Å². The zero-order valence-electron chi connectivity index (χ0n) is 16.1. The first-order valence-corrected chi connectivity index (χ1v) is 12.2. The van der Waals surface area contributed by atoms with E-state index in [9.17, 15) is 18.0 Å². The lowest BCUT2D eigenvalue weighted by molar-refractivity contribution is 0.0954. The molecule has 0 aliphatic carbocycles. The van der Waals surface area contributed by atoms with Crippen LogP contribution in [0, 0.1) is 6.92 Å². The highest BCUT2D eigenvalue weighted by Gasteiger charge is 2.18. The number of halogens is 2. The number of thiazole rings is 1. The van der Waals surface area contributed by atoms with Gasteiger partial charge in [-0.1, -0.05) is 52.7 Å². The fraction of sp³-hybridized carbons (Fsp3) is 0.200. The zero-order valence-corrected chi connectivity index (χ0v) is 19.3.